The summed E-state index contributed by atoms with van der Waals surface area (Å²) in [5.74, 6) is -1.80. The lowest BCUT2D eigenvalue weighted by Gasteiger charge is -2.44. The van der Waals surface area contributed by atoms with E-state index in [9.17, 15) is 24.0 Å². The molecule has 0 saturated carbocycles. The van der Waals surface area contributed by atoms with Crippen molar-refractivity contribution in [3.63, 3.8) is 0 Å². The molecule has 4 amide bonds. The molecule has 0 spiro atoms. The van der Waals surface area contributed by atoms with E-state index in [2.05, 4.69) is 10.6 Å². The fourth-order valence-electron chi connectivity index (χ4n) is 3.72. The maximum atomic E-state index is 13.5. The van der Waals surface area contributed by atoms with Gasteiger partial charge in [0.1, 0.15) is 25.3 Å². The van der Waals surface area contributed by atoms with Crippen LogP contribution in [-0.2, 0) is 40.0 Å². The Balaban J connectivity index is 2.15. The van der Waals surface area contributed by atoms with Gasteiger partial charge in [-0.15, -0.1) is 0 Å². The minimum absolute atomic E-state index is 0.0239. The number of alkyl carbamates (subject to hydrolysis) is 1. The lowest BCUT2D eigenvalue weighted by atomic mass is 10.1. The third kappa shape index (κ3) is 10.0. The predicted octanol–water partition coefficient (Wildman–Crippen LogP) is 1.18. The van der Waals surface area contributed by atoms with Gasteiger partial charge >= 0.3 is 12.1 Å². The first-order valence-corrected chi connectivity index (χ1v) is 12.3. The smallest absolute Gasteiger partial charge is 0.407 e. The van der Waals surface area contributed by atoms with Crippen LogP contribution in [-0.4, -0.2) is 89.7 Å². The third-order valence-corrected chi connectivity index (χ3v) is 5.17. The van der Waals surface area contributed by atoms with Gasteiger partial charge in [-0.2, -0.15) is 0 Å². The summed E-state index contributed by atoms with van der Waals surface area (Å²) in [5.41, 5.74) is -0.750. The monoisotopic (exact) mass is 534 g/mol. The molecular formula is C26H38N4O8. The van der Waals surface area contributed by atoms with Gasteiger partial charge in [-0.25, -0.2) is 4.79 Å². The van der Waals surface area contributed by atoms with E-state index in [1.54, 1.807) is 53.7 Å². The Morgan fingerprint density at radius 2 is 1.71 bits per heavy atom. The predicted molar refractivity (Wildman–Crippen MR) is 136 cm³/mol. The number of esters is 1. The first kappa shape index (κ1) is 30.6. The molecule has 2 N–H and O–H groups in total. The summed E-state index contributed by atoms with van der Waals surface area (Å²) in [5, 5.41) is 4.86. The Kier molecular flexibility index (Phi) is 10.6. The minimum Gasteiger partial charge on any atom is -0.459 e. The van der Waals surface area contributed by atoms with Gasteiger partial charge in [0.25, 0.3) is 5.91 Å². The van der Waals surface area contributed by atoms with Crippen molar-refractivity contribution in [1.82, 2.24) is 20.4 Å². The van der Waals surface area contributed by atoms with Crippen LogP contribution in [0, 0.1) is 0 Å². The molecule has 1 aliphatic heterocycles. The van der Waals surface area contributed by atoms with Crippen LogP contribution in [0.2, 0.25) is 0 Å². The van der Waals surface area contributed by atoms with E-state index < -0.39 is 53.9 Å². The number of amides is 4. The summed E-state index contributed by atoms with van der Waals surface area (Å²) < 4.78 is 16.4. The first-order chi connectivity index (χ1) is 17.7. The van der Waals surface area contributed by atoms with Gasteiger partial charge in [0.15, 0.2) is 12.3 Å². The second kappa shape index (κ2) is 13.2. The molecular weight excluding hydrogens is 496 g/mol. The number of carbonyl (C=O) groups is 5. The summed E-state index contributed by atoms with van der Waals surface area (Å²) in [7, 11) is 0. The van der Waals surface area contributed by atoms with Crippen LogP contribution < -0.4 is 10.6 Å². The molecule has 0 aliphatic carbocycles. The topological polar surface area (TPSA) is 144 Å². The number of ether oxygens (including phenoxy) is 3. The summed E-state index contributed by atoms with van der Waals surface area (Å²) in [6, 6.07) is 7.75. The van der Waals surface area contributed by atoms with Crippen molar-refractivity contribution in [2.24, 2.45) is 0 Å². The Hall–Kier alpha value is -3.67. The maximum Gasteiger partial charge on any atom is 0.407 e. The number of benzene rings is 1. The number of nitrogens with one attached hydrogen (secondary N) is 2. The molecule has 1 aromatic rings. The molecule has 12 heteroatoms. The number of rotatable bonds is 10. The highest BCUT2D eigenvalue weighted by Crippen LogP contribution is 2.21. The quantitative estimate of drug-likeness (QED) is 0.259. The number of hydrogen-bond donors (Lipinski definition) is 2. The molecule has 0 radical (unpaired) electrons. The third-order valence-electron chi connectivity index (χ3n) is 5.17. The average Bonchev–Trinajstić information content (AvgIpc) is 2.80. The van der Waals surface area contributed by atoms with E-state index in [1.165, 1.54) is 9.80 Å². The Bertz CT molecular complexity index is 987. The zero-order valence-electron chi connectivity index (χ0n) is 22.8. The van der Waals surface area contributed by atoms with Gasteiger partial charge < -0.3 is 34.6 Å². The molecule has 38 heavy (non-hydrogen) atoms. The molecule has 0 aromatic heterocycles. The molecule has 1 aliphatic rings. The Morgan fingerprint density at radius 3 is 2.29 bits per heavy atom. The number of hydrogen-bond acceptors (Lipinski definition) is 8. The van der Waals surface area contributed by atoms with Crippen LogP contribution >= 0.6 is 0 Å². The first-order valence-electron chi connectivity index (χ1n) is 12.3. The van der Waals surface area contributed by atoms with E-state index in [1.807, 2.05) is 18.2 Å². The van der Waals surface area contributed by atoms with Crippen LogP contribution in [0.4, 0.5) is 4.79 Å². The van der Waals surface area contributed by atoms with Gasteiger partial charge in [-0.05, 0) is 47.1 Å². The highest BCUT2D eigenvalue weighted by atomic mass is 16.6. The van der Waals surface area contributed by atoms with E-state index in [-0.39, 0.29) is 26.2 Å². The SMILES string of the molecule is CC(C)(C)OC(=O)CN1CCN(C(=O)CNC(=O)OCc2ccccc2)[C@@H](C(NC=O)OC(C)(C)C)C1=O. The van der Waals surface area contributed by atoms with Crippen molar-refractivity contribution in [2.45, 2.75) is 71.6 Å². The van der Waals surface area contributed by atoms with Crippen LogP contribution in [0.3, 0.4) is 0 Å². The number of nitrogens with zero attached hydrogens (tertiary/aromatic N) is 2. The Morgan fingerprint density at radius 1 is 1.05 bits per heavy atom. The zero-order valence-corrected chi connectivity index (χ0v) is 22.8. The standard InChI is InChI=1S/C26H38N4O8/c1-25(2,3)37-20(33)15-29-12-13-30(21(23(29)34)22(28-17-31)38-26(4,5)6)19(32)14-27-24(35)36-16-18-10-8-7-9-11-18/h7-11,17,21-22H,12-16H2,1-6H3,(H,27,35)(H,28,31)/t21-,22?/m0/s1. The van der Waals surface area contributed by atoms with Crippen LogP contribution in [0.25, 0.3) is 0 Å². The summed E-state index contributed by atoms with van der Waals surface area (Å²) in [6.07, 6.45) is -1.64. The van der Waals surface area contributed by atoms with E-state index in [0.29, 0.717) is 6.41 Å². The highest BCUT2D eigenvalue weighted by molar-refractivity contribution is 5.92. The van der Waals surface area contributed by atoms with Crippen molar-refractivity contribution in [3.8, 4) is 0 Å². The fourth-order valence-corrected chi connectivity index (χ4v) is 3.72. The maximum absolute atomic E-state index is 13.5. The minimum atomic E-state index is -1.29. The molecule has 1 fully saturated rings. The number of piperazine rings is 1. The van der Waals surface area contributed by atoms with Gasteiger partial charge in [0, 0.05) is 13.1 Å². The molecule has 210 valence electrons. The van der Waals surface area contributed by atoms with Crippen molar-refractivity contribution in [3.05, 3.63) is 35.9 Å². The van der Waals surface area contributed by atoms with Gasteiger partial charge in [-0.1, -0.05) is 30.3 Å². The van der Waals surface area contributed by atoms with Gasteiger partial charge in [0.05, 0.1) is 5.60 Å². The molecule has 2 rings (SSSR count). The highest BCUT2D eigenvalue weighted by Gasteiger charge is 2.45. The van der Waals surface area contributed by atoms with Crippen LogP contribution in [0.1, 0.15) is 47.1 Å². The largest absolute Gasteiger partial charge is 0.459 e. The normalized spacial score (nSPS) is 16.9. The zero-order chi connectivity index (χ0) is 28.5. The molecule has 12 nitrogen and oxygen atoms in total. The van der Waals surface area contributed by atoms with Crippen molar-refractivity contribution in [1.29, 1.82) is 0 Å². The Labute approximate surface area is 222 Å². The summed E-state index contributed by atoms with van der Waals surface area (Å²) >= 11 is 0. The van der Waals surface area contributed by atoms with E-state index >= 15 is 0 Å². The second-order valence-electron chi connectivity index (χ2n) is 10.7. The second-order valence-corrected chi connectivity index (χ2v) is 10.7. The number of carbonyl (C=O) groups excluding carboxylic acids is 5. The lowest BCUT2D eigenvalue weighted by molar-refractivity contribution is -0.174. The van der Waals surface area contributed by atoms with Crippen molar-refractivity contribution in [2.75, 3.05) is 26.2 Å². The summed E-state index contributed by atoms with van der Waals surface area (Å²) in [4.78, 5) is 65.1. The molecule has 1 unspecified atom stereocenters. The average molecular weight is 535 g/mol. The van der Waals surface area contributed by atoms with Crippen LogP contribution in [0.5, 0.6) is 0 Å². The lowest BCUT2D eigenvalue weighted by Crippen LogP contribution is -2.67. The van der Waals surface area contributed by atoms with Crippen molar-refractivity contribution < 1.29 is 38.2 Å². The fraction of sp³-hybridized carbons (Fsp3) is 0.577. The van der Waals surface area contributed by atoms with Gasteiger partial charge in [-0.3, -0.25) is 19.2 Å². The van der Waals surface area contributed by atoms with E-state index in [4.69, 9.17) is 14.2 Å². The van der Waals surface area contributed by atoms with E-state index in [0.717, 1.165) is 5.56 Å². The van der Waals surface area contributed by atoms with Gasteiger partial charge in [0.2, 0.25) is 12.3 Å². The molecule has 1 heterocycles. The summed E-state index contributed by atoms with van der Waals surface area (Å²) in [6.45, 7) is 9.65. The molecule has 1 saturated heterocycles. The molecule has 2 atom stereocenters. The van der Waals surface area contributed by atoms with Crippen LogP contribution in [0.15, 0.2) is 30.3 Å². The molecule has 0 bridgehead atoms. The van der Waals surface area contributed by atoms with Crippen molar-refractivity contribution >= 4 is 30.3 Å². The molecule has 1 aromatic carbocycles.